The summed E-state index contributed by atoms with van der Waals surface area (Å²) in [4.78, 5) is 31.0. The Hall–Kier alpha value is -1.18. The van der Waals surface area contributed by atoms with E-state index < -0.39 is 34.4 Å². The number of nitrogens with zero attached hydrogens (tertiary/aromatic N) is 2. The second-order valence-corrected chi connectivity index (χ2v) is 7.96. The molecule has 0 aromatic rings. The van der Waals surface area contributed by atoms with Gasteiger partial charge in [-0.25, -0.2) is 10.3 Å². The normalized spacial score (nSPS) is 31.5. The SMILES string of the molecule is O=C(NOC[C@@H]1C[C@H](CCl)CN1)C1CCC2CN1C(=O)N2OS(=O)(=O)O. The van der Waals surface area contributed by atoms with Gasteiger partial charge >= 0.3 is 16.4 Å². The lowest BCUT2D eigenvalue weighted by molar-refractivity contribution is -0.139. The number of hydrogen-bond acceptors (Lipinski definition) is 7. The third-order valence-corrected chi connectivity index (χ3v) is 5.57. The topological polar surface area (TPSA) is 138 Å². The van der Waals surface area contributed by atoms with E-state index >= 15 is 0 Å². The van der Waals surface area contributed by atoms with Crippen molar-refractivity contribution >= 4 is 33.9 Å². The van der Waals surface area contributed by atoms with Crippen LogP contribution < -0.4 is 10.8 Å². The molecule has 3 saturated heterocycles. The lowest BCUT2D eigenvalue weighted by Gasteiger charge is -2.29. The molecule has 2 unspecified atom stereocenters. The minimum Gasteiger partial charge on any atom is -0.311 e. The highest BCUT2D eigenvalue weighted by Gasteiger charge is 2.49. The molecule has 0 spiro atoms. The van der Waals surface area contributed by atoms with Crippen LogP contribution in [0.15, 0.2) is 0 Å². The molecule has 148 valence electrons. The lowest BCUT2D eigenvalue weighted by Crippen LogP contribution is -2.50. The molecule has 3 aliphatic heterocycles. The fourth-order valence-corrected chi connectivity index (χ4v) is 4.16. The second kappa shape index (κ2) is 7.82. The molecule has 0 aromatic carbocycles. The van der Waals surface area contributed by atoms with Gasteiger partial charge in [0.25, 0.3) is 5.91 Å². The van der Waals surface area contributed by atoms with Crippen molar-refractivity contribution in [1.29, 1.82) is 0 Å². The molecular formula is C13H21ClN4O7S. The van der Waals surface area contributed by atoms with Gasteiger partial charge in [-0.3, -0.25) is 14.2 Å². The van der Waals surface area contributed by atoms with Crippen LogP contribution in [0.25, 0.3) is 0 Å². The Balaban J connectivity index is 1.49. The molecule has 2 bridgehead atoms. The van der Waals surface area contributed by atoms with E-state index in [4.69, 9.17) is 21.0 Å². The molecule has 0 saturated carbocycles. The van der Waals surface area contributed by atoms with Crippen molar-refractivity contribution in [2.45, 2.75) is 37.4 Å². The minimum absolute atomic E-state index is 0.0989. The third kappa shape index (κ3) is 4.38. The van der Waals surface area contributed by atoms with Gasteiger partial charge in [0.05, 0.1) is 12.6 Å². The van der Waals surface area contributed by atoms with Crippen molar-refractivity contribution in [3.05, 3.63) is 0 Å². The highest BCUT2D eigenvalue weighted by atomic mass is 35.5. The Morgan fingerprint density at radius 2 is 2.19 bits per heavy atom. The number of carbonyl (C=O) groups is 2. The smallest absolute Gasteiger partial charge is 0.311 e. The van der Waals surface area contributed by atoms with Gasteiger partial charge in [0, 0.05) is 18.5 Å². The summed E-state index contributed by atoms with van der Waals surface area (Å²) in [5.74, 6) is 0.461. The molecule has 0 radical (unpaired) electrons. The molecular weight excluding hydrogens is 392 g/mol. The summed E-state index contributed by atoms with van der Waals surface area (Å²) in [6, 6.07) is -2.01. The molecule has 13 heteroatoms. The highest BCUT2D eigenvalue weighted by Crippen LogP contribution is 2.30. The van der Waals surface area contributed by atoms with Crippen molar-refractivity contribution in [3.63, 3.8) is 0 Å². The van der Waals surface area contributed by atoms with Gasteiger partial charge in [0.15, 0.2) is 0 Å². The van der Waals surface area contributed by atoms with E-state index in [-0.39, 0.29) is 19.2 Å². The number of rotatable bonds is 7. The van der Waals surface area contributed by atoms with E-state index in [0.717, 1.165) is 13.0 Å². The van der Waals surface area contributed by atoms with Crippen LogP contribution in [0.1, 0.15) is 19.3 Å². The van der Waals surface area contributed by atoms with Crippen LogP contribution in [0, 0.1) is 5.92 Å². The molecule has 4 atom stereocenters. The van der Waals surface area contributed by atoms with E-state index in [2.05, 4.69) is 15.1 Å². The van der Waals surface area contributed by atoms with Crippen molar-refractivity contribution in [2.24, 2.45) is 5.92 Å². The number of alkyl halides is 1. The monoisotopic (exact) mass is 412 g/mol. The standard InChI is InChI=1S/C13H21ClN4O7S/c14-4-8-3-9(15-5-8)7-24-16-12(19)11-2-1-10-6-17(11)13(20)18(10)25-26(21,22)23/h8-11,15H,1-7H2,(H,16,19)(H,21,22,23)/t8-,9+,10?,11?/m1/s1. The molecule has 3 heterocycles. The van der Waals surface area contributed by atoms with Crippen molar-refractivity contribution in [1.82, 2.24) is 20.8 Å². The van der Waals surface area contributed by atoms with Gasteiger partial charge in [0.1, 0.15) is 6.04 Å². The maximum atomic E-state index is 12.3. The van der Waals surface area contributed by atoms with E-state index in [9.17, 15) is 18.0 Å². The Bertz CT molecular complexity index is 663. The van der Waals surface area contributed by atoms with E-state index in [0.29, 0.717) is 29.7 Å². The van der Waals surface area contributed by atoms with Gasteiger partial charge in [-0.2, -0.15) is 13.5 Å². The molecule has 3 rings (SSSR count). The number of amides is 3. The van der Waals surface area contributed by atoms with Crippen molar-refractivity contribution in [3.8, 4) is 0 Å². The number of carbonyl (C=O) groups excluding carboxylic acids is 2. The van der Waals surface area contributed by atoms with Crippen LogP contribution in [0.2, 0.25) is 0 Å². The Labute approximate surface area is 155 Å². The fourth-order valence-electron chi connectivity index (χ4n) is 3.53. The Morgan fingerprint density at radius 3 is 2.85 bits per heavy atom. The van der Waals surface area contributed by atoms with Gasteiger partial charge in [-0.15, -0.1) is 15.9 Å². The number of piperidine rings is 1. The Morgan fingerprint density at radius 1 is 1.42 bits per heavy atom. The zero-order valence-electron chi connectivity index (χ0n) is 13.8. The summed E-state index contributed by atoms with van der Waals surface area (Å²) in [7, 11) is -4.81. The second-order valence-electron chi connectivity index (χ2n) is 6.65. The molecule has 3 N–H and O–H groups in total. The molecule has 11 nitrogen and oxygen atoms in total. The lowest BCUT2D eigenvalue weighted by atomic mass is 10.0. The van der Waals surface area contributed by atoms with Crippen LogP contribution in [0.3, 0.4) is 0 Å². The summed E-state index contributed by atoms with van der Waals surface area (Å²) in [5.41, 5.74) is 2.35. The number of halogens is 1. The van der Waals surface area contributed by atoms with Crippen molar-refractivity contribution < 1.29 is 31.7 Å². The molecule has 0 aliphatic carbocycles. The van der Waals surface area contributed by atoms with Crippen LogP contribution in [0.4, 0.5) is 4.79 Å². The van der Waals surface area contributed by atoms with E-state index in [1.807, 2.05) is 0 Å². The first-order valence-electron chi connectivity index (χ1n) is 8.26. The van der Waals surface area contributed by atoms with Gasteiger partial charge in [-0.05, 0) is 31.7 Å². The fraction of sp³-hybridized carbons (Fsp3) is 0.846. The maximum Gasteiger partial charge on any atom is 0.418 e. The first-order valence-corrected chi connectivity index (χ1v) is 10.2. The average molecular weight is 413 g/mol. The molecule has 26 heavy (non-hydrogen) atoms. The van der Waals surface area contributed by atoms with Gasteiger partial charge < -0.3 is 10.2 Å². The van der Waals surface area contributed by atoms with E-state index in [1.54, 1.807) is 0 Å². The molecule has 3 amide bonds. The number of nitrogens with one attached hydrogen (secondary N) is 2. The van der Waals surface area contributed by atoms with Crippen molar-refractivity contribution in [2.75, 3.05) is 25.6 Å². The number of fused-ring (bicyclic) bond motifs is 2. The predicted octanol–water partition coefficient (Wildman–Crippen LogP) is -0.746. The quantitative estimate of drug-likeness (QED) is 0.282. The molecule has 0 aromatic heterocycles. The van der Waals surface area contributed by atoms with Crippen LogP contribution in [-0.2, 0) is 24.3 Å². The van der Waals surface area contributed by atoms with Gasteiger partial charge in [-0.1, -0.05) is 0 Å². The first-order chi connectivity index (χ1) is 12.3. The predicted molar refractivity (Wildman–Crippen MR) is 88.1 cm³/mol. The number of hydrogen-bond donors (Lipinski definition) is 3. The highest BCUT2D eigenvalue weighted by molar-refractivity contribution is 7.80. The molecule has 3 aliphatic rings. The zero-order chi connectivity index (χ0) is 18.9. The average Bonchev–Trinajstić information content (AvgIpc) is 3.13. The maximum absolute atomic E-state index is 12.3. The van der Waals surface area contributed by atoms with Crippen LogP contribution in [-0.4, -0.2) is 78.6 Å². The number of hydroxylamine groups is 3. The summed E-state index contributed by atoms with van der Waals surface area (Å²) >= 11 is 5.81. The largest absolute Gasteiger partial charge is 0.418 e. The summed E-state index contributed by atoms with van der Waals surface area (Å²) < 4.78 is 34.8. The summed E-state index contributed by atoms with van der Waals surface area (Å²) in [5, 5.41) is 3.84. The summed E-state index contributed by atoms with van der Waals surface area (Å²) in [6.45, 7) is 1.22. The van der Waals surface area contributed by atoms with Crippen LogP contribution in [0.5, 0.6) is 0 Å². The summed E-state index contributed by atoms with van der Waals surface area (Å²) in [6.07, 6.45) is 1.54. The minimum atomic E-state index is -4.81. The van der Waals surface area contributed by atoms with E-state index in [1.165, 1.54) is 4.90 Å². The number of urea groups is 1. The zero-order valence-corrected chi connectivity index (χ0v) is 15.4. The molecule has 3 fully saturated rings. The van der Waals surface area contributed by atoms with Gasteiger partial charge in [0.2, 0.25) is 0 Å². The Kier molecular flexibility index (Phi) is 5.89. The van der Waals surface area contributed by atoms with Crippen LogP contribution >= 0.6 is 11.6 Å². The third-order valence-electron chi connectivity index (χ3n) is 4.79. The first kappa shape index (κ1) is 19.6.